The molecule has 0 aliphatic carbocycles. The number of hydrogen-bond acceptors (Lipinski definition) is 2. The lowest BCUT2D eigenvalue weighted by atomic mass is 10.1. The summed E-state index contributed by atoms with van der Waals surface area (Å²) in [5, 5.41) is 0. The van der Waals surface area contributed by atoms with E-state index in [0.717, 1.165) is 18.2 Å². The number of benzene rings is 1. The Labute approximate surface area is 105 Å². The summed E-state index contributed by atoms with van der Waals surface area (Å²) < 4.78 is 49.4. The molecule has 0 unspecified atom stereocenters. The Morgan fingerprint density at radius 2 is 2.00 bits per heavy atom. The molecule has 0 radical (unpaired) electrons. The molecule has 100 valence electrons. The van der Waals surface area contributed by atoms with Crippen molar-refractivity contribution in [3.05, 3.63) is 29.3 Å². The third-order valence-corrected chi connectivity index (χ3v) is 3.82. The average Bonchev–Trinajstić information content (AvgIpc) is 2.27. The highest BCUT2D eigenvalue weighted by atomic mass is 32.2. The fraction of sp³-hybridized carbons (Fsp3) is 0.364. The molecule has 1 aromatic rings. The van der Waals surface area contributed by atoms with Crippen LogP contribution in [0.3, 0.4) is 0 Å². The third kappa shape index (κ3) is 3.32. The number of alkyl halides is 3. The second kappa shape index (κ2) is 5.51. The van der Waals surface area contributed by atoms with Crippen LogP contribution in [0.15, 0.2) is 23.1 Å². The molecule has 0 saturated carbocycles. The normalized spacial score (nSPS) is 13.3. The SMILES string of the molecule is CCC[S@@](=O)c1cc(C(F)(F)F)ccc1C(N)=O. The van der Waals surface area contributed by atoms with Gasteiger partial charge in [-0.05, 0) is 24.6 Å². The summed E-state index contributed by atoms with van der Waals surface area (Å²) in [7, 11) is -1.66. The number of carbonyl (C=O) groups excluding carboxylic acids is 1. The highest BCUT2D eigenvalue weighted by molar-refractivity contribution is 7.85. The molecule has 1 atom stereocenters. The minimum absolute atomic E-state index is 0.130. The molecule has 0 aliphatic rings. The zero-order chi connectivity index (χ0) is 13.9. The minimum atomic E-state index is -4.54. The Balaban J connectivity index is 3.33. The maximum absolute atomic E-state index is 12.5. The molecular weight excluding hydrogens is 267 g/mol. The summed E-state index contributed by atoms with van der Waals surface area (Å²) in [4.78, 5) is 10.9. The second-order valence-electron chi connectivity index (χ2n) is 3.62. The van der Waals surface area contributed by atoms with Crippen molar-refractivity contribution in [3.8, 4) is 0 Å². The van der Waals surface area contributed by atoms with Crippen LogP contribution in [0.2, 0.25) is 0 Å². The first-order valence-corrected chi connectivity index (χ1v) is 6.48. The molecule has 0 fully saturated rings. The topological polar surface area (TPSA) is 60.2 Å². The van der Waals surface area contributed by atoms with Crippen molar-refractivity contribution in [1.82, 2.24) is 0 Å². The maximum atomic E-state index is 12.5. The van der Waals surface area contributed by atoms with E-state index in [2.05, 4.69) is 0 Å². The molecule has 1 rings (SSSR count). The van der Waals surface area contributed by atoms with Crippen molar-refractivity contribution in [2.24, 2.45) is 5.73 Å². The van der Waals surface area contributed by atoms with E-state index in [0.29, 0.717) is 6.42 Å². The van der Waals surface area contributed by atoms with Gasteiger partial charge in [0.25, 0.3) is 0 Å². The summed E-state index contributed by atoms with van der Waals surface area (Å²) in [5.74, 6) is -0.704. The van der Waals surface area contributed by atoms with E-state index in [1.54, 1.807) is 6.92 Å². The van der Waals surface area contributed by atoms with Gasteiger partial charge < -0.3 is 5.73 Å². The summed E-state index contributed by atoms with van der Waals surface area (Å²) >= 11 is 0. The Morgan fingerprint density at radius 1 is 1.39 bits per heavy atom. The molecule has 1 amide bonds. The Bertz CT molecular complexity index is 486. The van der Waals surface area contributed by atoms with Gasteiger partial charge in [-0.3, -0.25) is 9.00 Å². The van der Waals surface area contributed by atoms with Gasteiger partial charge in [0.1, 0.15) is 0 Å². The molecule has 0 aliphatic heterocycles. The minimum Gasteiger partial charge on any atom is -0.366 e. The Morgan fingerprint density at radius 3 is 2.44 bits per heavy atom. The van der Waals surface area contributed by atoms with Crippen LogP contribution in [0.25, 0.3) is 0 Å². The number of hydrogen-bond donors (Lipinski definition) is 1. The monoisotopic (exact) mass is 279 g/mol. The van der Waals surface area contributed by atoms with E-state index in [4.69, 9.17) is 5.73 Å². The van der Waals surface area contributed by atoms with Crippen LogP contribution >= 0.6 is 0 Å². The van der Waals surface area contributed by atoms with Crippen molar-refractivity contribution < 1.29 is 22.2 Å². The van der Waals surface area contributed by atoms with E-state index in [9.17, 15) is 22.2 Å². The van der Waals surface area contributed by atoms with Crippen molar-refractivity contribution in [1.29, 1.82) is 0 Å². The third-order valence-electron chi connectivity index (χ3n) is 2.21. The van der Waals surface area contributed by atoms with Crippen molar-refractivity contribution in [3.63, 3.8) is 0 Å². The van der Waals surface area contributed by atoms with Crippen LogP contribution in [-0.4, -0.2) is 15.9 Å². The molecule has 0 aromatic heterocycles. The number of carbonyl (C=O) groups is 1. The first-order valence-electron chi connectivity index (χ1n) is 5.16. The van der Waals surface area contributed by atoms with Crippen molar-refractivity contribution >= 4 is 16.7 Å². The van der Waals surface area contributed by atoms with Gasteiger partial charge in [-0.25, -0.2) is 0 Å². The Kier molecular flexibility index (Phi) is 4.50. The van der Waals surface area contributed by atoms with E-state index in [1.165, 1.54) is 0 Å². The summed E-state index contributed by atoms with van der Waals surface area (Å²) in [6.07, 6.45) is -4.01. The number of halogens is 3. The lowest BCUT2D eigenvalue weighted by Gasteiger charge is -2.11. The molecule has 0 heterocycles. The molecule has 3 nitrogen and oxygen atoms in total. The van der Waals surface area contributed by atoms with E-state index >= 15 is 0 Å². The van der Waals surface area contributed by atoms with Gasteiger partial charge in [0.15, 0.2) is 0 Å². The quantitative estimate of drug-likeness (QED) is 0.919. The highest BCUT2D eigenvalue weighted by Crippen LogP contribution is 2.31. The molecule has 7 heteroatoms. The first kappa shape index (κ1) is 14.7. The number of primary amides is 1. The standard InChI is InChI=1S/C11H12F3NO2S/c1-2-5-18(17)9-6-7(11(12,13)14)3-4-8(9)10(15)16/h3-4,6H,2,5H2,1H3,(H2,15,16)/t18-/m1/s1. The van der Waals surface area contributed by atoms with Gasteiger partial charge in [-0.15, -0.1) is 0 Å². The van der Waals surface area contributed by atoms with E-state index in [-0.39, 0.29) is 16.2 Å². The smallest absolute Gasteiger partial charge is 0.366 e. The number of amides is 1. The van der Waals surface area contributed by atoms with Crippen LogP contribution in [-0.2, 0) is 17.0 Å². The molecular formula is C11H12F3NO2S. The lowest BCUT2D eigenvalue weighted by Crippen LogP contribution is -2.17. The predicted molar refractivity (Wildman–Crippen MR) is 61.5 cm³/mol. The van der Waals surface area contributed by atoms with Gasteiger partial charge in [-0.2, -0.15) is 13.2 Å². The largest absolute Gasteiger partial charge is 0.416 e. The van der Waals surface area contributed by atoms with Gasteiger partial charge in [0, 0.05) is 5.75 Å². The van der Waals surface area contributed by atoms with Crippen molar-refractivity contribution in [2.75, 3.05) is 5.75 Å². The van der Waals surface area contributed by atoms with Gasteiger partial charge >= 0.3 is 6.18 Å². The zero-order valence-electron chi connectivity index (χ0n) is 9.58. The molecule has 0 bridgehead atoms. The van der Waals surface area contributed by atoms with Gasteiger partial charge in [-0.1, -0.05) is 6.92 Å². The maximum Gasteiger partial charge on any atom is 0.416 e. The van der Waals surface area contributed by atoms with Crippen LogP contribution in [0.1, 0.15) is 29.3 Å². The molecule has 0 saturated heterocycles. The van der Waals surface area contributed by atoms with Crippen LogP contribution < -0.4 is 5.73 Å². The number of rotatable bonds is 4. The second-order valence-corrected chi connectivity index (χ2v) is 5.16. The fourth-order valence-corrected chi connectivity index (χ4v) is 2.65. The Hall–Kier alpha value is -1.37. The molecule has 0 spiro atoms. The molecule has 2 N–H and O–H groups in total. The zero-order valence-corrected chi connectivity index (χ0v) is 10.4. The summed E-state index contributed by atoms with van der Waals surface area (Å²) in [6, 6.07) is 2.45. The molecule has 1 aromatic carbocycles. The van der Waals surface area contributed by atoms with E-state index in [1.807, 2.05) is 0 Å². The van der Waals surface area contributed by atoms with Gasteiger partial charge in [0.2, 0.25) is 5.91 Å². The first-order chi connectivity index (χ1) is 8.27. The number of nitrogens with two attached hydrogens (primary N) is 1. The van der Waals surface area contributed by atoms with Gasteiger partial charge in [0.05, 0.1) is 26.8 Å². The van der Waals surface area contributed by atoms with E-state index < -0.39 is 28.4 Å². The predicted octanol–water partition coefficient (Wildman–Crippen LogP) is 2.32. The van der Waals surface area contributed by atoms with Crippen molar-refractivity contribution in [2.45, 2.75) is 24.4 Å². The average molecular weight is 279 g/mol. The van der Waals surface area contributed by atoms with Crippen LogP contribution in [0, 0.1) is 0 Å². The molecule has 18 heavy (non-hydrogen) atoms. The fourth-order valence-electron chi connectivity index (χ4n) is 1.39. The summed E-state index contributed by atoms with van der Waals surface area (Å²) in [5.41, 5.74) is 3.99. The van der Waals surface area contributed by atoms with Crippen LogP contribution in [0.4, 0.5) is 13.2 Å². The lowest BCUT2D eigenvalue weighted by molar-refractivity contribution is -0.137. The van der Waals surface area contributed by atoms with Crippen LogP contribution in [0.5, 0.6) is 0 Å². The summed E-state index contributed by atoms with van der Waals surface area (Å²) in [6.45, 7) is 1.75. The highest BCUT2D eigenvalue weighted by Gasteiger charge is 2.32.